The molecule has 5 nitrogen and oxygen atoms in total. The number of benzene rings is 3. The van der Waals surface area contributed by atoms with Crippen molar-refractivity contribution < 1.29 is 9.53 Å². The van der Waals surface area contributed by atoms with Crippen LogP contribution in [0.1, 0.15) is 11.1 Å². The van der Waals surface area contributed by atoms with E-state index in [1.807, 2.05) is 79.8 Å². The maximum atomic E-state index is 13.7. The monoisotopic (exact) mass is 473 g/mol. The van der Waals surface area contributed by atoms with E-state index in [0.29, 0.717) is 16.6 Å². The Hall–Kier alpha value is -3.16. The first-order chi connectivity index (χ1) is 16.0. The number of ether oxygens (including phenoxy) is 1. The Kier molecular flexibility index (Phi) is 5.91. The van der Waals surface area contributed by atoms with E-state index in [2.05, 4.69) is 11.8 Å². The van der Waals surface area contributed by atoms with Gasteiger partial charge in [0, 0.05) is 18.0 Å². The highest BCUT2D eigenvalue weighted by Gasteiger charge is 2.39. The summed E-state index contributed by atoms with van der Waals surface area (Å²) in [5.74, 6) is 0.772. The molecular formula is C26H23N3O2S2. The number of aliphatic imine (C=N–C) groups is 1. The highest BCUT2D eigenvalue weighted by atomic mass is 32.2. The van der Waals surface area contributed by atoms with E-state index < -0.39 is 0 Å². The molecular weight excluding hydrogens is 450 g/mol. The summed E-state index contributed by atoms with van der Waals surface area (Å²) in [5, 5.41) is 1.61. The number of thioether (sulfide) groups is 2. The Bertz CT molecular complexity index is 1270. The van der Waals surface area contributed by atoms with Gasteiger partial charge in [-0.1, -0.05) is 59.8 Å². The first kappa shape index (κ1) is 21.7. The summed E-state index contributed by atoms with van der Waals surface area (Å²) in [4.78, 5) is 24.2. The minimum atomic E-state index is -0.0242. The molecule has 0 aromatic heterocycles. The molecule has 1 fully saturated rings. The van der Waals surface area contributed by atoms with Crippen LogP contribution in [0.3, 0.4) is 0 Å². The van der Waals surface area contributed by atoms with Crippen molar-refractivity contribution in [2.45, 2.75) is 18.4 Å². The number of hydrogen-bond acceptors (Lipinski definition) is 6. The topological polar surface area (TPSA) is 45.1 Å². The summed E-state index contributed by atoms with van der Waals surface area (Å²) in [6.07, 6.45) is 0. The molecule has 0 radical (unpaired) electrons. The Morgan fingerprint density at radius 3 is 2.45 bits per heavy atom. The van der Waals surface area contributed by atoms with Crippen LogP contribution in [0.15, 0.2) is 92.6 Å². The molecule has 0 N–H and O–H groups in total. The van der Waals surface area contributed by atoms with E-state index in [1.54, 1.807) is 23.8 Å². The van der Waals surface area contributed by atoms with Crippen LogP contribution in [0, 0.1) is 6.92 Å². The van der Waals surface area contributed by atoms with E-state index in [1.165, 1.54) is 17.3 Å². The maximum Gasteiger partial charge on any atom is 0.269 e. The lowest BCUT2D eigenvalue weighted by atomic mass is 10.2. The molecule has 3 aromatic carbocycles. The third kappa shape index (κ3) is 4.26. The molecule has 3 aromatic rings. The Labute approximate surface area is 202 Å². The molecule has 0 bridgehead atoms. The number of nitrogens with zero attached hydrogens (tertiary/aromatic N) is 3. The quantitative estimate of drug-likeness (QED) is 0.424. The molecule has 2 aliphatic rings. The van der Waals surface area contributed by atoms with Gasteiger partial charge in [0.25, 0.3) is 5.91 Å². The Morgan fingerprint density at radius 1 is 0.970 bits per heavy atom. The van der Waals surface area contributed by atoms with Crippen LogP contribution in [-0.2, 0) is 11.3 Å². The largest absolute Gasteiger partial charge is 0.497 e. The fraction of sp³-hybridized carbons (Fsp3) is 0.154. The fourth-order valence-electron chi connectivity index (χ4n) is 3.71. The van der Waals surface area contributed by atoms with Gasteiger partial charge < -0.3 is 9.64 Å². The van der Waals surface area contributed by atoms with Gasteiger partial charge in [0.2, 0.25) is 0 Å². The van der Waals surface area contributed by atoms with Crippen molar-refractivity contribution in [1.82, 2.24) is 4.90 Å². The minimum absolute atomic E-state index is 0.0242. The second kappa shape index (κ2) is 9.00. The smallest absolute Gasteiger partial charge is 0.269 e. The van der Waals surface area contributed by atoms with E-state index >= 15 is 0 Å². The van der Waals surface area contributed by atoms with Crippen molar-refractivity contribution >= 4 is 46.0 Å². The summed E-state index contributed by atoms with van der Waals surface area (Å²) in [5.41, 5.74) is 4.11. The molecule has 2 aliphatic heterocycles. The average molecular weight is 474 g/mol. The Morgan fingerprint density at radius 2 is 1.73 bits per heavy atom. The van der Waals surface area contributed by atoms with Gasteiger partial charge in [0.1, 0.15) is 10.7 Å². The van der Waals surface area contributed by atoms with E-state index in [4.69, 9.17) is 9.73 Å². The van der Waals surface area contributed by atoms with Crippen molar-refractivity contribution in [3.8, 4) is 5.75 Å². The average Bonchev–Trinajstić information content (AvgIpc) is 3.32. The zero-order valence-corrected chi connectivity index (χ0v) is 20.2. The van der Waals surface area contributed by atoms with Crippen LogP contribution < -0.4 is 9.64 Å². The zero-order chi connectivity index (χ0) is 22.9. The lowest BCUT2D eigenvalue weighted by Gasteiger charge is -2.17. The number of carbonyl (C=O) groups is 1. The van der Waals surface area contributed by atoms with Crippen LogP contribution in [0.25, 0.3) is 0 Å². The van der Waals surface area contributed by atoms with Crippen LogP contribution in [0.4, 0.5) is 11.4 Å². The van der Waals surface area contributed by atoms with Gasteiger partial charge in [-0.2, -0.15) is 0 Å². The summed E-state index contributed by atoms with van der Waals surface area (Å²) in [7, 11) is 3.65. The number of rotatable bonds is 4. The first-order valence-electron chi connectivity index (χ1n) is 10.6. The third-order valence-corrected chi connectivity index (χ3v) is 7.97. The lowest BCUT2D eigenvalue weighted by Crippen LogP contribution is -2.29. The van der Waals surface area contributed by atoms with Gasteiger partial charge in [-0.3, -0.25) is 9.69 Å². The highest BCUT2D eigenvalue weighted by Crippen LogP contribution is 2.51. The molecule has 0 atom stereocenters. The van der Waals surface area contributed by atoms with Crippen LogP contribution in [0.2, 0.25) is 0 Å². The van der Waals surface area contributed by atoms with Crippen molar-refractivity contribution in [2.75, 3.05) is 19.1 Å². The number of anilines is 1. The summed E-state index contributed by atoms with van der Waals surface area (Å²) in [6, 6.07) is 24.1. The number of carbonyl (C=O) groups excluding carboxylic acids is 1. The number of methoxy groups -OCH3 is 1. The molecule has 1 amide bonds. The molecule has 0 saturated carbocycles. The molecule has 5 rings (SSSR count). The molecule has 0 aliphatic carbocycles. The van der Waals surface area contributed by atoms with E-state index in [-0.39, 0.29) is 5.91 Å². The van der Waals surface area contributed by atoms with Crippen molar-refractivity contribution in [3.63, 3.8) is 0 Å². The van der Waals surface area contributed by atoms with E-state index in [0.717, 1.165) is 32.6 Å². The molecule has 2 heterocycles. The fourth-order valence-corrected chi connectivity index (χ4v) is 6.03. The van der Waals surface area contributed by atoms with Crippen molar-refractivity contribution in [1.29, 1.82) is 0 Å². The predicted molar refractivity (Wildman–Crippen MR) is 137 cm³/mol. The maximum absolute atomic E-state index is 13.7. The number of hydrogen-bond donors (Lipinski definition) is 0. The van der Waals surface area contributed by atoms with Gasteiger partial charge in [-0.25, -0.2) is 4.99 Å². The second-order valence-corrected chi connectivity index (χ2v) is 9.85. The summed E-state index contributed by atoms with van der Waals surface area (Å²) >= 11 is 3.05. The standard InChI is InChI=1S/C26H23N3O2S2/c1-17-9-11-19(12-10-17)27-26-29(16-18-7-5-4-6-8-18)24(30)23(33-26)25-28(2)21-15-20(31-3)13-14-22(21)32-25/h4-15H,16H2,1-3H3. The van der Waals surface area contributed by atoms with Gasteiger partial charge in [0.05, 0.1) is 30.1 Å². The number of amides is 1. The van der Waals surface area contributed by atoms with E-state index in [9.17, 15) is 4.79 Å². The van der Waals surface area contributed by atoms with Gasteiger partial charge >= 0.3 is 0 Å². The van der Waals surface area contributed by atoms with Crippen molar-refractivity contribution in [3.05, 3.63) is 93.9 Å². The first-order valence-corrected chi connectivity index (χ1v) is 12.2. The molecule has 166 valence electrons. The predicted octanol–water partition coefficient (Wildman–Crippen LogP) is 6.18. The molecule has 7 heteroatoms. The number of fused-ring (bicyclic) bond motifs is 1. The molecule has 1 saturated heterocycles. The summed E-state index contributed by atoms with van der Waals surface area (Å²) < 4.78 is 5.39. The van der Waals surface area contributed by atoms with Crippen LogP contribution in [-0.4, -0.2) is 30.1 Å². The SMILES string of the molecule is COc1ccc2c(c1)N(C)C(=C1SC(=Nc3ccc(C)cc3)N(Cc3ccccc3)C1=O)S2. The highest BCUT2D eigenvalue weighted by molar-refractivity contribution is 8.19. The molecule has 0 spiro atoms. The third-order valence-electron chi connectivity index (χ3n) is 5.54. The lowest BCUT2D eigenvalue weighted by molar-refractivity contribution is -0.122. The second-order valence-electron chi connectivity index (χ2n) is 7.84. The normalized spacial score (nSPS) is 18.9. The Balaban J connectivity index is 1.54. The molecule has 0 unspecified atom stereocenters. The van der Waals surface area contributed by atoms with Crippen molar-refractivity contribution in [2.24, 2.45) is 4.99 Å². The minimum Gasteiger partial charge on any atom is -0.497 e. The number of amidine groups is 1. The summed E-state index contributed by atoms with van der Waals surface area (Å²) in [6.45, 7) is 2.53. The van der Waals surface area contributed by atoms with Gasteiger partial charge in [0.15, 0.2) is 5.17 Å². The molecule has 33 heavy (non-hydrogen) atoms. The zero-order valence-electron chi connectivity index (χ0n) is 18.6. The van der Waals surface area contributed by atoms with Gasteiger partial charge in [-0.05, 0) is 48.5 Å². The van der Waals surface area contributed by atoms with Gasteiger partial charge in [-0.15, -0.1) is 0 Å². The van der Waals surface area contributed by atoms with Crippen LogP contribution in [0.5, 0.6) is 5.75 Å². The number of aryl methyl sites for hydroxylation is 1. The van der Waals surface area contributed by atoms with Crippen LogP contribution >= 0.6 is 23.5 Å².